The van der Waals surface area contributed by atoms with E-state index in [1.54, 1.807) is 18.7 Å². The first-order valence-electron chi connectivity index (χ1n) is 8.32. The van der Waals surface area contributed by atoms with Gasteiger partial charge in [0.15, 0.2) is 0 Å². The standard InChI is InChI=1S/C19H18N6O/c1-13(25-12-22-16-5-3-4-6-17(16)25)19(26)23-15-7-8-18(21-11-15)24-10-9-20-14(24)2/h3-13H,1-2H3,(H,23,26). The van der Waals surface area contributed by atoms with Crippen molar-refractivity contribution >= 4 is 22.6 Å². The number of rotatable bonds is 4. The van der Waals surface area contributed by atoms with Gasteiger partial charge in [0.1, 0.15) is 17.7 Å². The van der Waals surface area contributed by atoms with Gasteiger partial charge in [0.25, 0.3) is 0 Å². The number of nitrogens with zero attached hydrogens (tertiary/aromatic N) is 5. The fraction of sp³-hybridized carbons (Fsp3) is 0.158. The fourth-order valence-corrected chi connectivity index (χ4v) is 2.88. The SMILES string of the molecule is Cc1nccn1-c1ccc(NC(=O)C(C)n2cnc3ccccc32)cn1. The molecule has 0 bridgehead atoms. The van der Waals surface area contributed by atoms with Gasteiger partial charge in [-0.3, -0.25) is 9.36 Å². The topological polar surface area (TPSA) is 77.6 Å². The lowest BCUT2D eigenvalue weighted by atomic mass is 10.2. The van der Waals surface area contributed by atoms with Gasteiger partial charge in [-0.2, -0.15) is 0 Å². The van der Waals surface area contributed by atoms with Crippen LogP contribution in [0.1, 0.15) is 18.8 Å². The maximum Gasteiger partial charge on any atom is 0.247 e. The molecule has 1 aromatic carbocycles. The molecule has 0 spiro atoms. The molecule has 1 atom stereocenters. The summed E-state index contributed by atoms with van der Waals surface area (Å²) in [5.74, 6) is 1.49. The number of hydrogen-bond acceptors (Lipinski definition) is 4. The van der Waals surface area contributed by atoms with Gasteiger partial charge in [-0.1, -0.05) is 12.1 Å². The zero-order chi connectivity index (χ0) is 18.1. The smallest absolute Gasteiger partial charge is 0.247 e. The molecule has 7 nitrogen and oxygen atoms in total. The second kappa shape index (κ2) is 6.44. The fourth-order valence-electron chi connectivity index (χ4n) is 2.88. The normalized spacial score (nSPS) is 12.2. The molecule has 3 aromatic heterocycles. The number of carbonyl (C=O) groups is 1. The second-order valence-electron chi connectivity index (χ2n) is 6.06. The molecule has 0 saturated heterocycles. The Bertz CT molecular complexity index is 1060. The van der Waals surface area contributed by atoms with Crippen molar-refractivity contribution in [2.45, 2.75) is 19.9 Å². The molecule has 0 saturated carbocycles. The van der Waals surface area contributed by atoms with Gasteiger partial charge in [-0.25, -0.2) is 15.0 Å². The first kappa shape index (κ1) is 16.0. The van der Waals surface area contributed by atoms with E-state index < -0.39 is 6.04 Å². The van der Waals surface area contributed by atoms with Crippen LogP contribution in [0, 0.1) is 6.92 Å². The predicted molar refractivity (Wildman–Crippen MR) is 99.2 cm³/mol. The Morgan fingerprint density at radius 3 is 2.69 bits per heavy atom. The van der Waals surface area contributed by atoms with Crippen molar-refractivity contribution in [3.05, 3.63) is 67.1 Å². The molecule has 1 N–H and O–H groups in total. The summed E-state index contributed by atoms with van der Waals surface area (Å²) in [6.45, 7) is 3.76. The average Bonchev–Trinajstić information content (AvgIpc) is 3.28. The summed E-state index contributed by atoms with van der Waals surface area (Å²) >= 11 is 0. The highest BCUT2D eigenvalue weighted by Gasteiger charge is 2.17. The Morgan fingerprint density at radius 2 is 1.96 bits per heavy atom. The van der Waals surface area contributed by atoms with Gasteiger partial charge in [0.2, 0.25) is 5.91 Å². The molecule has 0 aliphatic heterocycles. The van der Waals surface area contributed by atoms with Crippen molar-refractivity contribution in [3.8, 4) is 5.82 Å². The van der Waals surface area contributed by atoms with Crippen molar-refractivity contribution < 1.29 is 4.79 Å². The first-order valence-corrected chi connectivity index (χ1v) is 8.32. The number of pyridine rings is 1. The molecule has 26 heavy (non-hydrogen) atoms. The minimum atomic E-state index is -0.391. The molecular weight excluding hydrogens is 328 g/mol. The Labute approximate surface area is 150 Å². The molecule has 4 aromatic rings. The highest BCUT2D eigenvalue weighted by Crippen LogP contribution is 2.19. The number of hydrogen-bond donors (Lipinski definition) is 1. The summed E-state index contributed by atoms with van der Waals surface area (Å²) < 4.78 is 3.74. The highest BCUT2D eigenvalue weighted by atomic mass is 16.2. The van der Waals surface area contributed by atoms with Crippen molar-refractivity contribution in [1.82, 2.24) is 24.1 Å². The summed E-state index contributed by atoms with van der Waals surface area (Å²) in [4.78, 5) is 25.5. The third kappa shape index (κ3) is 2.83. The molecule has 1 unspecified atom stereocenters. The number of fused-ring (bicyclic) bond motifs is 1. The van der Waals surface area contributed by atoms with E-state index in [2.05, 4.69) is 20.3 Å². The summed E-state index contributed by atoms with van der Waals surface area (Å²) in [5, 5.41) is 2.91. The van der Waals surface area contributed by atoms with Crippen LogP contribution < -0.4 is 5.32 Å². The van der Waals surface area contributed by atoms with Gasteiger partial charge >= 0.3 is 0 Å². The Balaban J connectivity index is 1.52. The predicted octanol–water partition coefficient (Wildman–Crippen LogP) is 3.13. The molecule has 0 fully saturated rings. The summed E-state index contributed by atoms with van der Waals surface area (Å²) in [6, 6.07) is 11.0. The largest absolute Gasteiger partial charge is 0.323 e. The van der Waals surface area contributed by atoms with Crippen molar-refractivity contribution in [3.63, 3.8) is 0 Å². The van der Waals surface area contributed by atoms with Crippen molar-refractivity contribution in [2.75, 3.05) is 5.32 Å². The van der Waals surface area contributed by atoms with Crippen LogP contribution in [-0.2, 0) is 4.79 Å². The number of nitrogens with one attached hydrogen (secondary N) is 1. The lowest BCUT2D eigenvalue weighted by Crippen LogP contribution is -2.23. The minimum Gasteiger partial charge on any atom is -0.323 e. The average molecular weight is 346 g/mol. The summed E-state index contributed by atoms with van der Waals surface area (Å²) in [7, 11) is 0. The molecule has 0 aliphatic carbocycles. The van der Waals surface area contributed by atoms with Crippen LogP contribution in [0.15, 0.2) is 61.3 Å². The molecule has 130 valence electrons. The molecular formula is C19H18N6O. The van der Waals surface area contributed by atoms with Gasteiger partial charge < -0.3 is 9.88 Å². The van der Waals surface area contributed by atoms with Crippen LogP contribution >= 0.6 is 0 Å². The van der Waals surface area contributed by atoms with Crippen molar-refractivity contribution in [2.24, 2.45) is 0 Å². The Hall–Kier alpha value is -3.48. The van der Waals surface area contributed by atoms with E-state index in [0.29, 0.717) is 5.69 Å². The van der Waals surface area contributed by atoms with E-state index in [0.717, 1.165) is 22.7 Å². The van der Waals surface area contributed by atoms with Gasteiger partial charge in [-0.15, -0.1) is 0 Å². The Kier molecular flexibility index (Phi) is 3.96. The number of amides is 1. The number of carbonyl (C=O) groups excluding carboxylic acids is 1. The van der Waals surface area contributed by atoms with Gasteiger partial charge in [-0.05, 0) is 38.1 Å². The first-order chi connectivity index (χ1) is 12.6. The van der Waals surface area contributed by atoms with E-state index in [9.17, 15) is 4.79 Å². The lowest BCUT2D eigenvalue weighted by molar-refractivity contribution is -0.118. The van der Waals surface area contributed by atoms with E-state index in [1.807, 2.05) is 65.6 Å². The van der Waals surface area contributed by atoms with E-state index in [4.69, 9.17) is 0 Å². The third-order valence-electron chi connectivity index (χ3n) is 4.37. The van der Waals surface area contributed by atoms with E-state index >= 15 is 0 Å². The molecule has 0 aliphatic rings. The highest BCUT2D eigenvalue weighted by molar-refractivity contribution is 5.94. The molecule has 4 rings (SSSR count). The van der Waals surface area contributed by atoms with E-state index in [1.165, 1.54) is 0 Å². The van der Waals surface area contributed by atoms with E-state index in [-0.39, 0.29) is 5.91 Å². The number of aryl methyl sites for hydroxylation is 1. The molecule has 1 amide bonds. The maximum atomic E-state index is 12.6. The quantitative estimate of drug-likeness (QED) is 0.616. The lowest BCUT2D eigenvalue weighted by Gasteiger charge is -2.14. The minimum absolute atomic E-state index is 0.124. The van der Waals surface area contributed by atoms with Crippen LogP contribution in [0.5, 0.6) is 0 Å². The monoisotopic (exact) mass is 346 g/mol. The summed E-state index contributed by atoms with van der Waals surface area (Å²) in [6.07, 6.45) is 6.91. The number of imidazole rings is 2. The maximum absolute atomic E-state index is 12.6. The molecule has 3 heterocycles. The number of aromatic nitrogens is 5. The zero-order valence-electron chi connectivity index (χ0n) is 14.5. The number of para-hydroxylation sites is 2. The van der Waals surface area contributed by atoms with Crippen LogP contribution in [0.3, 0.4) is 0 Å². The number of anilines is 1. The number of benzene rings is 1. The van der Waals surface area contributed by atoms with Crippen LogP contribution in [0.2, 0.25) is 0 Å². The molecule has 0 radical (unpaired) electrons. The molecule has 7 heteroatoms. The second-order valence-corrected chi connectivity index (χ2v) is 6.06. The van der Waals surface area contributed by atoms with Gasteiger partial charge in [0.05, 0.1) is 29.2 Å². The van der Waals surface area contributed by atoms with Crippen LogP contribution in [0.4, 0.5) is 5.69 Å². The zero-order valence-corrected chi connectivity index (χ0v) is 14.5. The van der Waals surface area contributed by atoms with Crippen LogP contribution in [-0.4, -0.2) is 30.0 Å². The third-order valence-corrected chi connectivity index (χ3v) is 4.37. The van der Waals surface area contributed by atoms with Crippen molar-refractivity contribution in [1.29, 1.82) is 0 Å². The Morgan fingerprint density at radius 1 is 1.12 bits per heavy atom. The van der Waals surface area contributed by atoms with Gasteiger partial charge in [0, 0.05) is 12.4 Å². The summed E-state index contributed by atoms with van der Waals surface area (Å²) in [5.41, 5.74) is 2.45. The van der Waals surface area contributed by atoms with Crippen LogP contribution in [0.25, 0.3) is 16.9 Å².